The molecule has 1 amide bonds. The second-order valence-electron chi connectivity index (χ2n) is 6.03. The van der Waals surface area contributed by atoms with Gasteiger partial charge in [0.25, 0.3) is 0 Å². The molecule has 2 aromatic carbocycles. The molecule has 8 heteroatoms. The Hall–Kier alpha value is -3.03. The fraction of sp³-hybridized carbons (Fsp3) is 0.263. The van der Waals surface area contributed by atoms with Gasteiger partial charge in [-0.3, -0.25) is 4.79 Å². The third-order valence-corrected chi connectivity index (χ3v) is 3.70. The number of alkyl halides is 3. The topological polar surface area (TPSA) is 78.5 Å². The van der Waals surface area contributed by atoms with Gasteiger partial charge in [0.2, 0.25) is 5.91 Å². The van der Waals surface area contributed by atoms with E-state index in [2.05, 4.69) is 10.1 Å². The molecule has 5 nitrogen and oxygen atoms in total. The second kappa shape index (κ2) is 8.57. The fourth-order valence-electron chi connectivity index (χ4n) is 2.57. The lowest BCUT2D eigenvalue weighted by molar-refractivity contribution is -0.306. The molecule has 0 aliphatic rings. The van der Waals surface area contributed by atoms with Crippen molar-refractivity contribution in [3.05, 3.63) is 59.7 Å². The molecule has 0 radical (unpaired) electrons. The van der Waals surface area contributed by atoms with Crippen LogP contribution in [-0.4, -0.2) is 18.2 Å². The van der Waals surface area contributed by atoms with Gasteiger partial charge in [-0.2, -0.15) is 0 Å². The van der Waals surface area contributed by atoms with E-state index in [0.717, 1.165) is 23.3 Å². The van der Waals surface area contributed by atoms with Crippen molar-refractivity contribution in [2.45, 2.75) is 26.1 Å². The summed E-state index contributed by atoms with van der Waals surface area (Å²) in [6.45, 7) is 1.88. The average molecular weight is 380 g/mol. The lowest BCUT2D eigenvalue weighted by Crippen LogP contribution is -2.32. The van der Waals surface area contributed by atoms with Crippen molar-refractivity contribution in [1.29, 1.82) is 0 Å². The van der Waals surface area contributed by atoms with Crippen molar-refractivity contribution in [1.82, 2.24) is 0 Å². The predicted molar refractivity (Wildman–Crippen MR) is 89.8 cm³/mol. The zero-order valence-corrected chi connectivity index (χ0v) is 14.4. The molecule has 1 unspecified atom stereocenters. The van der Waals surface area contributed by atoms with Crippen molar-refractivity contribution in [3.8, 4) is 5.75 Å². The minimum absolute atomic E-state index is 0.191. The van der Waals surface area contributed by atoms with Gasteiger partial charge < -0.3 is 20.0 Å². The van der Waals surface area contributed by atoms with Gasteiger partial charge in [-0.1, -0.05) is 29.8 Å². The molecule has 0 aliphatic heterocycles. The molecule has 2 aromatic rings. The van der Waals surface area contributed by atoms with Crippen LogP contribution < -0.4 is 15.2 Å². The number of carboxylic acid groups (broad SMARTS) is 1. The third kappa shape index (κ3) is 7.01. The molecular weight excluding hydrogens is 363 g/mol. The molecule has 0 aliphatic carbocycles. The summed E-state index contributed by atoms with van der Waals surface area (Å²) in [5.41, 5.74) is 1.99. The molecule has 0 heterocycles. The molecule has 1 atom stereocenters. The van der Waals surface area contributed by atoms with E-state index in [4.69, 9.17) is 0 Å². The first-order valence-corrected chi connectivity index (χ1v) is 8.04. The summed E-state index contributed by atoms with van der Waals surface area (Å²) in [5.74, 6) is -3.24. The van der Waals surface area contributed by atoms with Gasteiger partial charge in [0, 0.05) is 17.6 Å². The number of carbonyl (C=O) groups excluding carboxylic acids is 2. The van der Waals surface area contributed by atoms with Crippen molar-refractivity contribution in [3.63, 3.8) is 0 Å². The maximum Gasteiger partial charge on any atom is 0.573 e. The number of benzene rings is 2. The Labute approximate surface area is 153 Å². The van der Waals surface area contributed by atoms with Crippen LogP contribution in [-0.2, 0) is 16.0 Å². The van der Waals surface area contributed by atoms with Crippen LogP contribution in [0.1, 0.15) is 17.5 Å². The summed E-state index contributed by atoms with van der Waals surface area (Å²) >= 11 is 0. The number of ether oxygens (including phenoxy) is 1. The summed E-state index contributed by atoms with van der Waals surface area (Å²) < 4.78 is 40.2. The number of hydrogen-bond donors (Lipinski definition) is 1. The molecule has 0 saturated heterocycles. The first-order valence-electron chi connectivity index (χ1n) is 8.04. The first-order chi connectivity index (χ1) is 12.6. The smallest absolute Gasteiger partial charge is 0.550 e. The highest BCUT2D eigenvalue weighted by Crippen LogP contribution is 2.24. The van der Waals surface area contributed by atoms with E-state index >= 15 is 0 Å². The summed E-state index contributed by atoms with van der Waals surface area (Å²) in [7, 11) is 0. The maximum atomic E-state index is 12.4. The second-order valence-corrected chi connectivity index (χ2v) is 6.03. The maximum absolute atomic E-state index is 12.4. The van der Waals surface area contributed by atoms with E-state index in [1.54, 1.807) is 12.1 Å². The van der Waals surface area contributed by atoms with Crippen LogP contribution in [0.25, 0.3) is 0 Å². The Morgan fingerprint density at radius 1 is 1.15 bits per heavy atom. The van der Waals surface area contributed by atoms with E-state index in [1.165, 1.54) is 12.1 Å². The number of nitrogens with one attached hydrogen (secondary N) is 1. The van der Waals surface area contributed by atoms with Crippen LogP contribution in [0.15, 0.2) is 48.5 Å². The number of aliphatic carboxylic acids is 1. The highest BCUT2D eigenvalue weighted by atomic mass is 19.4. The number of carboxylic acids is 1. The Morgan fingerprint density at radius 2 is 1.81 bits per heavy atom. The Bertz CT molecular complexity index is 803. The molecule has 0 aromatic heterocycles. The highest BCUT2D eigenvalue weighted by Gasteiger charge is 2.31. The fourth-order valence-corrected chi connectivity index (χ4v) is 2.57. The zero-order chi connectivity index (χ0) is 20.0. The van der Waals surface area contributed by atoms with Gasteiger partial charge in [0.15, 0.2) is 0 Å². The quantitative estimate of drug-likeness (QED) is 0.801. The predicted octanol–water partition coefficient (Wildman–Crippen LogP) is 2.83. The summed E-state index contributed by atoms with van der Waals surface area (Å²) in [5, 5.41) is 13.5. The van der Waals surface area contributed by atoms with Gasteiger partial charge in [0.1, 0.15) is 5.75 Å². The third-order valence-electron chi connectivity index (χ3n) is 3.70. The van der Waals surface area contributed by atoms with Crippen molar-refractivity contribution >= 4 is 17.6 Å². The van der Waals surface area contributed by atoms with Gasteiger partial charge in [-0.25, -0.2) is 0 Å². The van der Waals surface area contributed by atoms with Crippen LogP contribution in [0, 0.1) is 12.8 Å². The molecular formula is C19H17F3NO4-. The normalized spacial score (nSPS) is 12.3. The lowest BCUT2D eigenvalue weighted by Gasteiger charge is -2.18. The summed E-state index contributed by atoms with van der Waals surface area (Å²) in [4.78, 5) is 23.4. The van der Waals surface area contributed by atoms with Gasteiger partial charge in [-0.05, 0) is 49.6 Å². The number of aryl methyl sites for hydroxylation is 1. The lowest BCUT2D eigenvalue weighted by atomic mass is 9.94. The number of amides is 1. The Morgan fingerprint density at radius 3 is 2.37 bits per heavy atom. The number of rotatable bonds is 7. The van der Waals surface area contributed by atoms with Crippen molar-refractivity contribution < 1.29 is 32.6 Å². The Balaban J connectivity index is 2.07. The zero-order valence-electron chi connectivity index (χ0n) is 14.4. The molecule has 0 spiro atoms. The van der Waals surface area contributed by atoms with Gasteiger partial charge >= 0.3 is 6.36 Å². The number of anilines is 1. The molecule has 27 heavy (non-hydrogen) atoms. The molecule has 0 saturated carbocycles. The molecule has 0 fully saturated rings. The van der Waals surface area contributed by atoms with E-state index in [1.807, 2.05) is 19.1 Å². The van der Waals surface area contributed by atoms with Crippen LogP contribution in [0.4, 0.5) is 18.9 Å². The molecule has 0 bridgehead atoms. The van der Waals surface area contributed by atoms with E-state index in [9.17, 15) is 27.9 Å². The minimum atomic E-state index is -4.81. The average Bonchev–Trinajstić information content (AvgIpc) is 2.54. The SMILES string of the molecule is Cc1cccc(CC(CC(=O)[O-])C(=O)Nc2ccc(OC(F)(F)F)cc2)c1. The Kier molecular flexibility index (Phi) is 6.44. The summed E-state index contributed by atoms with van der Waals surface area (Å²) in [6, 6.07) is 11.9. The van der Waals surface area contributed by atoms with Crippen LogP contribution in [0.2, 0.25) is 0 Å². The van der Waals surface area contributed by atoms with Crippen LogP contribution in [0.5, 0.6) is 5.75 Å². The summed E-state index contributed by atoms with van der Waals surface area (Å²) in [6.07, 6.45) is -5.09. The highest BCUT2D eigenvalue weighted by molar-refractivity contribution is 5.94. The molecule has 144 valence electrons. The standard InChI is InChI=1S/C19H18F3NO4/c1-12-3-2-4-13(9-12)10-14(11-17(24)25)18(26)23-15-5-7-16(8-6-15)27-19(20,21)22/h2-9,14H,10-11H2,1H3,(H,23,26)(H,24,25)/p-1. The molecule has 1 N–H and O–H groups in total. The monoisotopic (exact) mass is 380 g/mol. The van der Waals surface area contributed by atoms with Crippen LogP contribution in [0.3, 0.4) is 0 Å². The van der Waals surface area contributed by atoms with Crippen LogP contribution >= 0.6 is 0 Å². The van der Waals surface area contributed by atoms with Crippen molar-refractivity contribution in [2.75, 3.05) is 5.32 Å². The number of carbonyl (C=O) groups is 2. The van der Waals surface area contributed by atoms with Gasteiger partial charge in [-0.15, -0.1) is 13.2 Å². The minimum Gasteiger partial charge on any atom is -0.550 e. The van der Waals surface area contributed by atoms with E-state index in [0.29, 0.717) is 0 Å². The number of hydrogen-bond acceptors (Lipinski definition) is 4. The largest absolute Gasteiger partial charge is 0.573 e. The molecule has 2 rings (SSSR count). The van der Waals surface area contributed by atoms with E-state index in [-0.39, 0.29) is 12.1 Å². The first kappa shape index (κ1) is 20.3. The number of halogens is 3. The van der Waals surface area contributed by atoms with Gasteiger partial charge in [0.05, 0.1) is 0 Å². The van der Waals surface area contributed by atoms with E-state index < -0.39 is 36.3 Å². The van der Waals surface area contributed by atoms with Crippen molar-refractivity contribution in [2.24, 2.45) is 5.92 Å².